The van der Waals surface area contributed by atoms with E-state index in [4.69, 9.17) is 4.74 Å². The van der Waals surface area contributed by atoms with Crippen LogP contribution in [0.4, 0.5) is 4.79 Å². The molecule has 9 heteroatoms. The van der Waals surface area contributed by atoms with Crippen LogP contribution in [0.1, 0.15) is 10.4 Å². The number of hydrogen-bond donors (Lipinski definition) is 2. The van der Waals surface area contributed by atoms with Gasteiger partial charge in [0.25, 0.3) is 11.1 Å². The minimum atomic E-state index is -0.640. The second-order valence-electron chi connectivity index (χ2n) is 6.15. The molecule has 2 aromatic rings. The van der Waals surface area contributed by atoms with Crippen molar-refractivity contribution in [2.75, 3.05) is 25.4 Å². The van der Waals surface area contributed by atoms with Crippen molar-refractivity contribution in [2.45, 2.75) is 0 Å². The first-order valence-electron chi connectivity index (χ1n) is 8.74. The van der Waals surface area contributed by atoms with Crippen molar-refractivity contribution in [2.24, 2.45) is 0 Å². The number of aromatic hydroxyl groups is 1. The Morgan fingerprint density at radius 2 is 1.66 bits per heavy atom. The van der Waals surface area contributed by atoms with Gasteiger partial charge in [-0.2, -0.15) is 0 Å². The Kier molecular flexibility index (Phi) is 6.50. The molecule has 0 unspecified atom stereocenters. The minimum absolute atomic E-state index is 0.0864. The zero-order valence-electron chi connectivity index (χ0n) is 15.3. The van der Waals surface area contributed by atoms with Crippen LogP contribution in [0.5, 0.6) is 5.75 Å². The number of nitrogens with one attached hydrogen (secondary N) is 1. The van der Waals surface area contributed by atoms with E-state index in [9.17, 15) is 24.3 Å². The molecule has 0 aromatic heterocycles. The van der Waals surface area contributed by atoms with E-state index in [0.717, 1.165) is 27.8 Å². The summed E-state index contributed by atoms with van der Waals surface area (Å²) in [6.45, 7) is -0.284. The van der Waals surface area contributed by atoms with Crippen LogP contribution < -0.4 is 5.32 Å². The largest absolute Gasteiger partial charge is 0.508 e. The Morgan fingerprint density at radius 3 is 2.24 bits per heavy atom. The summed E-state index contributed by atoms with van der Waals surface area (Å²) in [5.74, 6) is -1.15. The lowest BCUT2D eigenvalue weighted by atomic mass is 10.0. The summed E-state index contributed by atoms with van der Waals surface area (Å²) in [6.07, 6.45) is 0. The molecule has 3 amide bonds. The van der Waals surface area contributed by atoms with Crippen LogP contribution in [-0.2, 0) is 14.3 Å². The molecule has 29 heavy (non-hydrogen) atoms. The average molecular weight is 414 g/mol. The fourth-order valence-corrected chi connectivity index (χ4v) is 3.37. The third-order valence-electron chi connectivity index (χ3n) is 4.15. The summed E-state index contributed by atoms with van der Waals surface area (Å²) in [4.78, 5) is 47.8. The quantitative estimate of drug-likeness (QED) is 0.667. The molecule has 1 aliphatic rings. The lowest BCUT2D eigenvalue weighted by Crippen LogP contribution is -2.38. The van der Waals surface area contributed by atoms with Gasteiger partial charge in [0, 0.05) is 13.1 Å². The summed E-state index contributed by atoms with van der Waals surface area (Å²) in [5, 5.41) is 11.5. The topological polar surface area (TPSA) is 113 Å². The van der Waals surface area contributed by atoms with E-state index >= 15 is 0 Å². The Labute approximate surface area is 170 Å². The maximum absolute atomic E-state index is 12.1. The monoisotopic (exact) mass is 414 g/mol. The maximum atomic E-state index is 12.1. The number of thioether (sulfide) groups is 1. The molecule has 0 radical (unpaired) electrons. The number of carbonyl (C=O) groups is 4. The highest BCUT2D eigenvalue weighted by molar-refractivity contribution is 8.14. The van der Waals surface area contributed by atoms with Crippen molar-refractivity contribution in [3.8, 4) is 16.9 Å². The Bertz CT molecular complexity index is 911. The zero-order valence-corrected chi connectivity index (χ0v) is 16.1. The van der Waals surface area contributed by atoms with Gasteiger partial charge >= 0.3 is 5.97 Å². The second kappa shape index (κ2) is 9.24. The van der Waals surface area contributed by atoms with Crippen LogP contribution in [0.2, 0.25) is 0 Å². The third-order valence-corrected chi connectivity index (χ3v) is 5.01. The third kappa shape index (κ3) is 5.35. The number of phenols is 1. The predicted octanol–water partition coefficient (Wildman–Crippen LogP) is 2.03. The first-order chi connectivity index (χ1) is 13.9. The molecule has 1 saturated heterocycles. The predicted molar refractivity (Wildman–Crippen MR) is 106 cm³/mol. The van der Waals surface area contributed by atoms with Crippen LogP contribution in [-0.4, -0.2) is 58.5 Å². The van der Waals surface area contributed by atoms with Crippen LogP contribution in [0, 0.1) is 0 Å². The number of imide groups is 1. The molecule has 8 nitrogen and oxygen atoms in total. The molecular weight excluding hydrogens is 396 g/mol. The fourth-order valence-electron chi connectivity index (χ4n) is 2.62. The van der Waals surface area contributed by atoms with Crippen molar-refractivity contribution in [3.05, 3.63) is 54.1 Å². The molecule has 1 fully saturated rings. The molecule has 0 atom stereocenters. The molecule has 1 aliphatic heterocycles. The van der Waals surface area contributed by atoms with Crippen LogP contribution >= 0.6 is 11.8 Å². The van der Waals surface area contributed by atoms with E-state index in [0.29, 0.717) is 5.56 Å². The first-order valence-corrected chi connectivity index (χ1v) is 9.73. The van der Waals surface area contributed by atoms with Crippen molar-refractivity contribution in [1.29, 1.82) is 0 Å². The van der Waals surface area contributed by atoms with E-state index in [1.807, 2.05) is 0 Å². The molecule has 0 aliphatic carbocycles. The normalized spacial score (nSPS) is 13.4. The summed E-state index contributed by atoms with van der Waals surface area (Å²) in [7, 11) is 0. The fraction of sp³-hybridized carbons (Fsp3) is 0.200. The molecule has 150 valence electrons. The van der Waals surface area contributed by atoms with E-state index in [1.54, 1.807) is 48.5 Å². The summed E-state index contributed by atoms with van der Waals surface area (Å²) in [5.41, 5.74) is 2.05. The van der Waals surface area contributed by atoms with Crippen molar-refractivity contribution in [1.82, 2.24) is 10.2 Å². The van der Waals surface area contributed by atoms with Crippen molar-refractivity contribution < 1.29 is 29.0 Å². The lowest BCUT2D eigenvalue weighted by molar-refractivity contribution is -0.126. The van der Waals surface area contributed by atoms with Gasteiger partial charge in [-0.1, -0.05) is 36.0 Å². The number of nitrogens with zero attached hydrogens (tertiary/aromatic N) is 1. The molecule has 3 rings (SSSR count). The van der Waals surface area contributed by atoms with Gasteiger partial charge < -0.3 is 15.2 Å². The number of esters is 1. The van der Waals surface area contributed by atoms with Gasteiger partial charge in [0.15, 0.2) is 6.61 Å². The van der Waals surface area contributed by atoms with Gasteiger partial charge in [0.1, 0.15) is 5.75 Å². The number of phenolic OH excluding ortho intramolecular Hbond substituents is 1. The van der Waals surface area contributed by atoms with Gasteiger partial charge in [-0.25, -0.2) is 4.79 Å². The van der Waals surface area contributed by atoms with Crippen LogP contribution in [0.15, 0.2) is 48.5 Å². The van der Waals surface area contributed by atoms with Gasteiger partial charge in [-0.15, -0.1) is 0 Å². The first kappa shape index (κ1) is 20.4. The Morgan fingerprint density at radius 1 is 1.03 bits per heavy atom. The highest BCUT2D eigenvalue weighted by atomic mass is 32.2. The molecule has 0 saturated carbocycles. The minimum Gasteiger partial charge on any atom is -0.508 e. The summed E-state index contributed by atoms with van der Waals surface area (Å²) >= 11 is 0.928. The number of amides is 3. The smallest absolute Gasteiger partial charge is 0.338 e. The number of carbonyl (C=O) groups excluding carboxylic acids is 4. The van der Waals surface area contributed by atoms with Gasteiger partial charge in [-0.3, -0.25) is 19.3 Å². The number of hydrogen-bond acceptors (Lipinski definition) is 7. The van der Waals surface area contributed by atoms with E-state index in [1.165, 1.54) is 0 Å². The van der Waals surface area contributed by atoms with Crippen LogP contribution in [0.25, 0.3) is 11.1 Å². The standard InChI is InChI=1S/C20H18N2O6S/c23-16-7-5-14(6-8-16)13-1-3-15(4-2-13)19(26)28-11-17(24)21-9-10-22-18(25)12-29-20(22)27/h1-8,23H,9-12H2,(H,21,24). The number of rotatable bonds is 7. The Hall–Kier alpha value is -3.33. The molecule has 0 spiro atoms. The molecular formula is C20H18N2O6S. The summed E-state index contributed by atoms with van der Waals surface area (Å²) in [6, 6.07) is 13.3. The Balaban J connectivity index is 1.44. The van der Waals surface area contributed by atoms with Gasteiger partial charge in [-0.05, 0) is 35.4 Å². The average Bonchev–Trinajstić information content (AvgIpc) is 3.05. The highest BCUT2D eigenvalue weighted by Gasteiger charge is 2.29. The maximum Gasteiger partial charge on any atom is 0.338 e. The molecule has 2 aromatic carbocycles. The SMILES string of the molecule is O=C(COC(=O)c1ccc(-c2ccc(O)cc2)cc1)NCCN1C(=O)CSC1=O. The number of benzene rings is 2. The van der Waals surface area contributed by atoms with Crippen LogP contribution in [0.3, 0.4) is 0 Å². The van der Waals surface area contributed by atoms with E-state index in [-0.39, 0.29) is 35.7 Å². The van der Waals surface area contributed by atoms with Crippen molar-refractivity contribution in [3.63, 3.8) is 0 Å². The lowest BCUT2D eigenvalue weighted by Gasteiger charge is -2.13. The van der Waals surface area contributed by atoms with Gasteiger partial charge in [0.2, 0.25) is 5.91 Å². The van der Waals surface area contributed by atoms with E-state index < -0.39 is 18.5 Å². The molecule has 2 N–H and O–H groups in total. The summed E-state index contributed by atoms with van der Waals surface area (Å²) < 4.78 is 4.98. The van der Waals surface area contributed by atoms with E-state index in [2.05, 4.69) is 5.32 Å². The van der Waals surface area contributed by atoms with Crippen molar-refractivity contribution >= 4 is 34.8 Å². The van der Waals surface area contributed by atoms with Gasteiger partial charge in [0.05, 0.1) is 11.3 Å². The zero-order chi connectivity index (χ0) is 20.8. The number of ether oxygens (including phenoxy) is 1. The molecule has 1 heterocycles. The second-order valence-corrected chi connectivity index (χ2v) is 7.08. The highest BCUT2D eigenvalue weighted by Crippen LogP contribution is 2.22. The molecule has 0 bridgehead atoms.